The molecule has 5 rings (SSSR count). The van der Waals surface area contributed by atoms with Crippen molar-refractivity contribution in [3.63, 3.8) is 0 Å². The molecule has 0 spiro atoms. The highest BCUT2D eigenvalue weighted by molar-refractivity contribution is 5.96. The fourth-order valence-electron chi connectivity index (χ4n) is 3.87. The Hall–Kier alpha value is -4.22. The van der Waals surface area contributed by atoms with Crippen LogP contribution in [0.4, 0.5) is 23.5 Å². The number of benzene rings is 1. The molecular weight excluding hydrogens is 456 g/mol. The van der Waals surface area contributed by atoms with Crippen LogP contribution >= 0.6 is 0 Å². The second kappa shape index (κ2) is 7.97. The zero-order valence-corrected chi connectivity index (χ0v) is 17.4. The van der Waals surface area contributed by atoms with Crippen LogP contribution in [0.2, 0.25) is 0 Å². The molecule has 0 radical (unpaired) electrons. The third kappa shape index (κ3) is 4.21. The van der Waals surface area contributed by atoms with E-state index in [1.807, 2.05) is 0 Å². The van der Waals surface area contributed by atoms with Gasteiger partial charge in [0.1, 0.15) is 11.6 Å². The third-order valence-corrected chi connectivity index (χ3v) is 5.37. The molecule has 0 fully saturated rings. The predicted octanol–water partition coefficient (Wildman–Crippen LogP) is 3.61. The predicted molar refractivity (Wildman–Crippen MR) is 112 cm³/mol. The summed E-state index contributed by atoms with van der Waals surface area (Å²) >= 11 is 0. The first kappa shape index (κ1) is 21.6. The molecule has 1 amide bonds. The van der Waals surface area contributed by atoms with E-state index in [9.17, 15) is 22.4 Å². The van der Waals surface area contributed by atoms with Gasteiger partial charge in [-0.05, 0) is 42.5 Å². The zero-order chi connectivity index (χ0) is 24.0. The Balaban J connectivity index is 1.40. The van der Waals surface area contributed by atoms with Gasteiger partial charge in [0.15, 0.2) is 5.65 Å². The van der Waals surface area contributed by atoms with Crippen molar-refractivity contribution >= 4 is 17.5 Å². The number of pyridine rings is 2. The Morgan fingerprint density at radius 2 is 1.91 bits per heavy atom. The Morgan fingerprint density at radius 3 is 2.71 bits per heavy atom. The van der Waals surface area contributed by atoms with Gasteiger partial charge in [0.2, 0.25) is 5.95 Å². The second-order valence-corrected chi connectivity index (χ2v) is 7.66. The van der Waals surface area contributed by atoms with Crippen molar-refractivity contribution in [3.8, 4) is 17.0 Å². The molecule has 0 unspecified atom stereocenters. The Bertz CT molecular complexity index is 1420. The number of aromatic nitrogens is 4. The van der Waals surface area contributed by atoms with Crippen LogP contribution in [0.3, 0.4) is 0 Å². The number of alkyl halides is 3. The zero-order valence-electron chi connectivity index (χ0n) is 17.4. The minimum Gasteiger partial charge on any atom is -0.405 e. The van der Waals surface area contributed by atoms with Crippen molar-refractivity contribution in [1.29, 1.82) is 0 Å². The average Bonchev–Trinajstić information content (AvgIpc) is 3.15. The molecule has 2 N–H and O–H groups in total. The molecule has 0 atom stereocenters. The summed E-state index contributed by atoms with van der Waals surface area (Å²) in [7, 11) is 0. The van der Waals surface area contributed by atoms with Crippen molar-refractivity contribution in [2.45, 2.75) is 19.3 Å². The summed E-state index contributed by atoms with van der Waals surface area (Å²) in [4.78, 5) is 23.1. The van der Waals surface area contributed by atoms with Gasteiger partial charge < -0.3 is 15.4 Å². The summed E-state index contributed by atoms with van der Waals surface area (Å²) in [5.41, 5.74) is 8.35. The number of rotatable bonds is 4. The summed E-state index contributed by atoms with van der Waals surface area (Å²) in [6.45, 7) is -0.0435. The number of amides is 1. The lowest BCUT2D eigenvalue weighted by atomic mass is 10.0. The molecule has 4 aromatic rings. The van der Waals surface area contributed by atoms with Crippen LogP contribution in [-0.2, 0) is 13.0 Å². The number of nitrogens with zero attached hydrogens (tertiary/aromatic N) is 5. The van der Waals surface area contributed by atoms with E-state index in [0.29, 0.717) is 29.0 Å². The third-order valence-electron chi connectivity index (χ3n) is 5.37. The van der Waals surface area contributed by atoms with Crippen LogP contribution in [-0.4, -0.2) is 43.3 Å². The van der Waals surface area contributed by atoms with E-state index in [1.165, 1.54) is 9.42 Å². The van der Waals surface area contributed by atoms with E-state index in [0.717, 1.165) is 23.8 Å². The molecular formula is C22H16F4N6O2. The van der Waals surface area contributed by atoms with Crippen LogP contribution in [0.25, 0.3) is 16.9 Å². The molecule has 4 heterocycles. The van der Waals surface area contributed by atoms with E-state index >= 15 is 0 Å². The lowest BCUT2D eigenvalue weighted by molar-refractivity contribution is -0.275. The minimum atomic E-state index is -4.94. The number of anilines is 1. The van der Waals surface area contributed by atoms with Crippen molar-refractivity contribution in [1.82, 2.24) is 24.5 Å². The number of ether oxygens (including phenoxy) is 1. The molecule has 0 bridgehead atoms. The molecule has 3 aromatic heterocycles. The number of carbonyl (C=O) groups is 1. The standard InChI is InChI=1S/C22H16F4N6O2/c23-14-1-4-18(34-22(24,25)26)13(9-14)11-31-7-6-17-15(20(31)33)2-3-16(28-17)12-5-8-32-19(10-12)29-21(27)30-32/h1-5,8-10H,6-7,11H2,(H2,27,30). The van der Waals surface area contributed by atoms with E-state index in [4.69, 9.17) is 5.73 Å². The average molecular weight is 472 g/mol. The van der Waals surface area contributed by atoms with Gasteiger partial charge in [0, 0.05) is 36.8 Å². The van der Waals surface area contributed by atoms with Crippen LogP contribution in [0, 0.1) is 5.82 Å². The second-order valence-electron chi connectivity index (χ2n) is 7.66. The largest absolute Gasteiger partial charge is 0.573 e. The molecule has 1 aliphatic rings. The normalized spacial score (nSPS) is 13.9. The van der Waals surface area contributed by atoms with Gasteiger partial charge in [0.25, 0.3) is 5.91 Å². The SMILES string of the molecule is Nc1nc2cc(-c3ccc4c(n3)CCN(Cc3cc(F)ccc3OC(F)(F)F)C4=O)ccn2n1. The van der Waals surface area contributed by atoms with Gasteiger partial charge >= 0.3 is 6.36 Å². The first-order chi connectivity index (χ1) is 16.2. The number of fused-ring (bicyclic) bond motifs is 2. The summed E-state index contributed by atoms with van der Waals surface area (Å²) in [6, 6.07) is 9.54. The molecule has 174 valence electrons. The van der Waals surface area contributed by atoms with E-state index < -0.39 is 23.8 Å². The molecule has 0 aliphatic carbocycles. The van der Waals surface area contributed by atoms with Gasteiger partial charge in [-0.3, -0.25) is 9.78 Å². The lowest BCUT2D eigenvalue weighted by Crippen LogP contribution is -2.37. The van der Waals surface area contributed by atoms with Crippen LogP contribution in [0.1, 0.15) is 21.6 Å². The maximum absolute atomic E-state index is 13.7. The smallest absolute Gasteiger partial charge is 0.405 e. The van der Waals surface area contributed by atoms with Gasteiger partial charge in [-0.2, -0.15) is 4.98 Å². The number of nitrogen functional groups attached to an aromatic ring is 1. The van der Waals surface area contributed by atoms with Crippen molar-refractivity contribution in [2.24, 2.45) is 0 Å². The summed E-state index contributed by atoms with van der Waals surface area (Å²) < 4.78 is 57.4. The number of carbonyl (C=O) groups excluding carboxylic acids is 1. The molecule has 1 aliphatic heterocycles. The highest BCUT2D eigenvalue weighted by Gasteiger charge is 2.33. The van der Waals surface area contributed by atoms with Crippen LogP contribution in [0.15, 0.2) is 48.7 Å². The first-order valence-electron chi connectivity index (χ1n) is 10.1. The minimum absolute atomic E-state index is 0.0837. The van der Waals surface area contributed by atoms with Gasteiger partial charge in [-0.1, -0.05) is 0 Å². The molecule has 12 heteroatoms. The lowest BCUT2D eigenvalue weighted by Gasteiger charge is -2.29. The summed E-state index contributed by atoms with van der Waals surface area (Å²) in [6.07, 6.45) is -2.87. The number of hydrogen-bond donors (Lipinski definition) is 1. The molecule has 1 aromatic carbocycles. The molecule has 34 heavy (non-hydrogen) atoms. The van der Waals surface area contributed by atoms with E-state index in [2.05, 4.69) is 19.8 Å². The molecule has 0 saturated heterocycles. The Morgan fingerprint density at radius 1 is 1.09 bits per heavy atom. The van der Waals surface area contributed by atoms with Gasteiger partial charge in [-0.25, -0.2) is 8.91 Å². The van der Waals surface area contributed by atoms with Gasteiger partial charge in [0.05, 0.1) is 17.0 Å². The number of hydrogen-bond acceptors (Lipinski definition) is 6. The number of nitrogens with two attached hydrogens (primary N) is 1. The van der Waals surface area contributed by atoms with Crippen molar-refractivity contribution < 1.29 is 27.1 Å². The highest BCUT2D eigenvalue weighted by atomic mass is 19.4. The monoisotopic (exact) mass is 472 g/mol. The van der Waals surface area contributed by atoms with Crippen LogP contribution < -0.4 is 10.5 Å². The summed E-state index contributed by atoms with van der Waals surface area (Å²) in [5, 5.41) is 4.02. The van der Waals surface area contributed by atoms with E-state index in [1.54, 1.807) is 30.5 Å². The van der Waals surface area contributed by atoms with Crippen molar-refractivity contribution in [3.05, 3.63) is 71.3 Å². The fraction of sp³-hybridized carbons (Fsp3) is 0.182. The topological polar surface area (TPSA) is 98.6 Å². The first-order valence-corrected chi connectivity index (χ1v) is 10.1. The Kier molecular flexibility index (Phi) is 5.07. The van der Waals surface area contributed by atoms with Gasteiger partial charge in [-0.15, -0.1) is 18.3 Å². The number of halogens is 4. The summed E-state index contributed by atoms with van der Waals surface area (Å²) in [5.74, 6) is -1.55. The van der Waals surface area contributed by atoms with Crippen LogP contribution in [0.5, 0.6) is 5.75 Å². The highest BCUT2D eigenvalue weighted by Crippen LogP contribution is 2.30. The Labute approximate surface area is 189 Å². The fourth-order valence-corrected chi connectivity index (χ4v) is 3.87. The molecule has 8 nitrogen and oxygen atoms in total. The quantitative estimate of drug-likeness (QED) is 0.456. The van der Waals surface area contributed by atoms with Crippen molar-refractivity contribution in [2.75, 3.05) is 12.3 Å². The maximum Gasteiger partial charge on any atom is 0.573 e. The maximum atomic E-state index is 13.7. The van der Waals surface area contributed by atoms with E-state index in [-0.39, 0.29) is 24.6 Å². The molecule has 0 saturated carbocycles.